The van der Waals surface area contributed by atoms with Crippen LogP contribution in [0, 0.1) is 5.92 Å². The summed E-state index contributed by atoms with van der Waals surface area (Å²) in [6.07, 6.45) is 0. The summed E-state index contributed by atoms with van der Waals surface area (Å²) in [5.74, 6) is -0.243. The smallest absolute Gasteiger partial charge is 0.233 e. The SMILES string of the molecule is COc1ccccc1S(=O)CC(=O)NC(C(C)=O)C(C)C. The van der Waals surface area contributed by atoms with Crippen molar-refractivity contribution in [1.29, 1.82) is 0 Å². The molecule has 0 spiro atoms. The number of amides is 1. The average Bonchev–Trinajstić information content (AvgIpc) is 2.43. The van der Waals surface area contributed by atoms with E-state index in [0.29, 0.717) is 10.6 Å². The van der Waals surface area contributed by atoms with Gasteiger partial charge in [-0.25, -0.2) is 0 Å². The van der Waals surface area contributed by atoms with Crippen LogP contribution in [0.1, 0.15) is 20.8 Å². The maximum atomic E-state index is 12.2. The van der Waals surface area contributed by atoms with Crippen LogP contribution in [0.4, 0.5) is 0 Å². The topological polar surface area (TPSA) is 72.5 Å². The molecule has 21 heavy (non-hydrogen) atoms. The van der Waals surface area contributed by atoms with Gasteiger partial charge in [0.05, 0.1) is 28.8 Å². The van der Waals surface area contributed by atoms with Crippen LogP contribution < -0.4 is 10.1 Å². The first kappa shape index (κ1) is 17.4. The number of hydrogen-bond donors (Lipinski definition) is 1. The quantitative estimate of drug-likeness (QED) is 0.829. The van der Waals surface area contributed by atoms with E-state index in [9.17, 15) is 13.8 Å². The lowest BCUT2D eigenvalue weighted by Gasteiger charge is -2.19. The Bertz CT molecular complexity index is 542. The average molecular weight is 311 g/mol. The summed E-state index contributed by atoms with van der Waals surface area (Å²) in [7, 11) is -0.0294. The van der Waals surface area contributed by atoms with E-state index in [1.807, 2.05) is 13.8 Å². The second kappa shape index (κ2) is 7.93. The molecule has 5 nitrogen and oxygen atoms in total. The highest BCUT2D eigenvalue weighted by molar-refractivity contribution is 7.85. The summed E-state index contributed by atoms with van der Waals surface area (Å²) in [6.45, 7) is 5.13. The lowest BCUT2D eigenvalue weighted by atomic mass is 10.0. The second-order valence-corrected chi connectivity index (χ2v) is 6.46. The molecular formula is C15H21NO4S. The number of hydrogen-bond acceptors (Lipinski definition) is 4. The molecule has 0 fully saturated rings. The van der Waals surface area contributed by atoms with E-state index in [1.54, 1.807) is 24.3 Å². The predicted octanol–water partition coefficient (Wildman–Crippen LogP) is 1.53. The number of rotatable bonds is 7. The van der Waals surface area contributed by atoms with Crippen molar-refractivity contribution >= 4 is 22.5 Å². The van der Waals surface area contributed by atoms with Crippen molar-refractivity contribution in [2.45, 2.75) is 31.7 Å². The van der Waals surface area contributed by atoms with E-state index in [0.717, 1.165) is 0 Å². The van der Waals surface area contributed by atoms with Gasteiger partial charge in [-0.3, -0.25) is 13.8 Å². The molecule has 0 aliphatic rings. The Morgan fingerprint density at radius 1 is 1.29 bits per heavy atom. The molecule has 6 heteroatoms. The molecule has 2 atom stereocenters. The fourth-order valence-electron chi connectivity index (χ4n) is 1.96. The molecule has 0 saturated heterocycles. The molecule has 1 amide bonds. The first-order chi connectivity index (χ1) is 9.86. The Hall–Kier alpha value is -1.69. The van der Waals surface area contributed by atoms with E-state index in [-0.39, 0.29) is 17.5 Å². The lowest BCUT2D eigenvalue weighted by Crippen LogP contribution is -2.45. The molecular weight excluding hydrogens is 290 g/mol. The van der Waals surface area contributed by atoms with Crippen LogP contribution in [0.3, 0.4) is 0 Å². The van der Waals surface area contributed by atoms with Gasteiger partial charge in [0.25, 0.3) is 0 Å². The van der Waals surface area contributed by atoms with Crippen molar-refractivity contribution in [3.8, 4) is 5.75 Å². The van der Waals surface area contributed by atoms with Crippen molar-refractivity contribution in [3.05, 3.63) is 24.3 Å². The molecule has 0 bridgehead atoms. The largest absolute Gasteiger partial charge is 0.495 e. The fraction of sp³-hybridized carbons (Fsp3) is 0.467. The van der Waals surface area contributed by atoms with Crippen LogP contribution in [-0.4, -0.2) is 34.8 Å². The van der Waals surface area contributed by atoms with E-state index in [1.165, 1.54) is 14.0 Å². The van der Waals surface area contributed by atoms with Gasteiger partial charge in [-0.2, -0.15) is 0 Å². The van der Waals surface area contributed by atoms with Gasteiger partial charge in [-0.1, -0.05) is 26.0 Å². The number of Topliss-reactive ketones (excluding diaryl/α,β-unsaturated/α-hetero) is 1. The van der Waals surface area contributed by atoms with E-state index in [4.69, 9.17) is 4.74 Å². The maximum Gasteiger partial charge on any atom is 0.233 e. The third kappa shape index (κ3) is 4.97. The van der Waals surface area contributed by atoms with Crippen molar-refractivity contribution < 1.29 is 18.5 Å². The van der Waals surface area contributed by atoms with E-state index < -0.39 is 22.7 Å². The van der Waals surface area contributed by atoms with Gasteiger partial charge in [0.2, 0.25) is 5.91 Å². The lowest BCUT2D eigenvalue weighted by molar-refractivity contribution is -0.126. The van der Waals surface area contributed by atoms with Crippen molar-refractivity contribution in [2.24, 2.45) is 5.92 Å². The molecule has 0 saturated carbocycles. The van der Waals surface area contributed by atoms with E-state index in [2.05, 4.69) is 5.32 Å². The minimum absolute atomic E-state index is 0.00820. The molecule has 0 aliphatic heterocycles. The molecule has 0 radical (unpaired) electrons. The number of benzene rings is 1. The molecule has 116 valence electrons. The summed E-state index contributed by atoms with van der Waals surface area (Å²) in [4.78, 5) is 23.9. The van der Waals surface area contributed by atoms with Gasteiger partial charge >= 0.3 is 0 Å². The fourth-order valence-corrected chi connectivity index (χ4v) is 3.04. The van der Waals surface area contributed by atoms with Crippen LogP contribution in [0.15, 0.2) is 29.2 Å². The second-order valence-electron chi connectivity index (χ2n) is 5.04. The number of nitrogens with one attached hydrogen (secondary N) is 1. The van der Waals surface area contributed by atoms with Crippen LogP contribution in [0.2, 0.25) is 0 Å². The van der Waals surface area contributed by atoms with E-state index >= 15 is 0 Å². The first-order valence-electron chi connectivity index (χ1n) is 6.68. The molecule has 0 aromatic heterocycles. The zero-order valence-electron chi connectivity index (χ0n) is 12.7. The zero-order valence-corrected chi connectivity index (χ0v) is 13.5. The number of methoxy groups -OCH3 is 1. The summed E-state index contributed by atoms with van der Waals surface area (Å²) >= 11 is 0. The molecule has 0 heterocycles. The Kier molecular flexibility index (Phi) is 6.55. The molecule has 0 aliphatic carbocycles. The van der Waals surface area contributed by atoms with Gasteiger partial charge < -0.3 is 10.1 Å². The Morgan fingerprint density at radius 2 is 1.90 bits per heavy atom. The Balaban J connectivity index is 2.74. The minimum atomic E-state index is -1.52. The number of carbonyl (C=O) groups is 2. The molecule has 2 unspecified atom stereocenters. The summed E-state index contributed by atoms with van der Waals surface area (Å²) in [6, 6.07) is 6.31. The number of carbonyl (C=O) groups excluding carboxylic acids is 2. The zero-order chi connectivity index (χ0) is 16.0. The highest BCUT2D eigenvalue weighted by Crippen LogP contribution is 2.21. The molecule has 1 N–H and O–H groups in total. The summed E-state index contributed by atoms with van der Waals surface area (Å²) in [5, 5.41) is 2.63. The number of ketones is 1. The van der Waals surface area contributed by atoms with Crippen molar-refractivity contribution in [3.63, 3.8) is 0 Å². The maximum absolute atomic E-state index is 12.2. The van der Waals surface area contributed by atoms with Gasteiger partial charge in [-0.15, -0.1) is 0 Å². The first-order valence-corrected chi connectivity index (χ1v) is 8.00. The van der Waals surface area contributed by atoms with Gasteiger partial charge in [0.1, 0.15) is 11.5 Å². The minimum Gasteiger partial charge on any atom is -0.495 e. The summed E-state index contributed by atoms with van der Waals surface area (Å²) in [5.41, 5.74) is 0. The van der Waals surface area contributed by atoms with Crippen LogP contribution in [0.25, 0.3) is 0 Å². The highest BCUT2D eigenvalue weighted by Gasteiger charge is 2.22. The molecule has 1 aromatic rings. The summed E-state index contributed by atoms with van der Waals surface area (Å²) < 4.78 is 17.4. The number of ether oxygens (including phenoxy) is 1. The predicted molar refractivity (Wildman–Crippen MR) is 81.7 cm³/mol. The normalized spacial score (nSPS) is 13.6. The molecule has 1 aromatic carbocycles. The third-order valence-corrected chi connectivity index (χ3v) is 4.35. The van der Waals surface area contributed by atoms with Gasteiger partial charge in [0, 0.05) is 0 Å². The highest BCUT2D eigenvalue weighted by atomic mass is 32.2. The standard InChI is InChI=1S/C15H21NO4S/c1-10(2)15(11(3)17)16-14(18)9-21(19)13-8-6-5-7-12(13)20-4/h5-8,10,15H,9H2,1-4H3,(H,16,18). The Labute approximate surface area is 127 Å². The van der Waals surface area contributed by atoms with Crippen molar-refractivity contribution in [1.82, 2.24) is 5.32 Å². The van der Waals surface area contributed by atoms with Gasteiger partial charge in [0.15, 0.2) is 5.78 Å². The third-order valence-electron chi connectivity index (χ3n) is 3.00. The van der Waals surface area contributed by atoms with Crippen LogP contribution in [0.5, 0.6) is 5.75 Å². The van der Waals surface area contributed by atoms with Crippen LogP contribution >= 0.6 is 0 Å². The van der Waals surface area contributed by atoms with Crippen molar-refractivity contribution in [2.75, 3.05) is 12.9 Å². The van der Waals surface area contributed by atoms with Gasteiger partial charge in [-0.05, 0) is 25.0 Å². The molecule has 1 rings (SSSR count). The Morgan fingerprint density at radius 3 is 2.43 bits per heavy atom. The monoisotopic (exact) mass is 311 g/mol. The van der Waals surface area contributed by atoms with Crippen LogP contribution in [-0.2, 0) is 20.4 Å². The number of para-hydroxylation sites is 1.